The lowest BCUT2D eigenvalue weighted by atomic mass is 10.1. The number of carbonyl (C=O) groups excluding carboxylic acids is 1. The number of aliphatic hydroxyl groups is 4. The Kier molecular flexibility index (Phi) is 6.26. The number of imidazole rings is 1. The van der Waals surface area contributed by atoms with E-state index in [1.54, 1.807) is 11.9 Å². The molecule has 29 heavy (non-hydrogen) atoms. The Morgan fingerprint density at radius 1 is 1.38 bits per heavy atom. The zero-order chi connectivity index (χ0) is 21.3. The van der Waals surface area contributed by atoms with E-state index in [0.717, 1.165) is 0 Å². The highest BCUT2D eigenvalue weighted by molar-refractivity contribution is 5.84. The fourth-order valence-corrected chi connectivity index (χ4v) is 3.02. The molecule has 1 aliphatic heterocycles. The van der Waals surface area contributed by atoms with Gasteiger partial charge in [-0.05, 0) is 6.92 Å². The molecule has 0 saturated carbocycles. The minimum Gasteiger partial charge on any atom is -0.394 e. The summed E-state index contributed by atoms with van der Waals surface area (Å²) in [6.45, 7) is 1.02. The molecule has 1 aliphatic rings. The molecule has 0 bridgehead atoms. The third kappa shape index (κ3) is 4.01. The number of fused-ring (bicyclic) bond motifs is 1. The molecule has 13 heteroatoms. The molecule has 2 aromatic heterocycles. The molecule has 0 unspecified atom stereocenters. The third-order valence-corrected chi connectivity index (χ3v) is 4.81. The van der Waals surface area contributed by atoms with Crippen LogP contribution in [-0.4, -0.2) is 96.6 Å². The lowest BCUT2D eigenvalue weighted by Gasteiger charge is -2.21. The molecular formula is C16H25N7O6. The summed E-state index contributed by atoms with van der Waals surface area (Å²) in [6, 6.07) is -1.06. The minimum atomic E-state index is -1.28. The van der Waals surface area contributed by atoms with E-state index in [9.17, 15) is 25.2 Å². The number of hydrogen-bond acceptors (Lipinski definition) is 11. The van der Waals surface area contributed by atoms with Gasteiger partial charge in [0.1, 0.15) is 30.7 Å². The average molecular weight is 411 g/mol. The van der Waals surface area contributed by atoms with Crippen LogP contribution in [0.5, 0.6) is 0 Å². The summed E-state index contributed by atoms with van der Waals surface area (Å²) in [4.78, 5) is 26.2. The summed E-state index contributed by atoms with van der Waals surface area (Å²) in [5, 5.41) is 41.5. The minimum absolute atomic E-state index is 0.0477. The summed E-state index contributed by atoms with van der Waals surface area (Å²) in [7, 11) is 1.67. The van der Waals surface area contributed by atoms with Crippen LogP contribution in [0.1, 0.15) is 13.2 Å². The maximum Gasteiger partial charge on any atom is 0.240 e. The Morgan fingerprint density at radius 2 is 2.10 bits per heavy atom. The van der Waals surface area contributed by atoms with Gasteiger partial charge in [-0.3, -0.25) is 9.36 Å². The van der Waals surface area contributed by atoms with Gasteiger partial charge < -0.3 is 41.1 Å². The molecule has 3 rings (SSSR count). The molecule has 160 valence electrons. The number of carbonyl (C=O) groups is 1. The second kappa shape index (κ2) is 8.52. The van der Waals surface area contributed by atoms with Crippen molar-refractivity contribution in [1.82, 2.24) is 24.8 Å². The standard InChI is InChI=1S/C16H25N7O6/c1-7(25)9(17)15(28)21-5-22(2)13-10-14(19-4-18-13)23(6-20-10)16-12(27)11(26)8(3-24)29-16/h4,6-9,11-12,16,24-27H,3,5,17H2,1-2H3,(H,21,28)/t7-,8-,9+,11-,12-,16-/m1/s1. The molecule has 0 aromatic carbocycles. The molecule has 1 amide bonds. The van der Waals surface area contributed by atoms with Gasteiger partial charge in [-0.2, -0.15) is 0 Å². The van der Waals surface area contributed by atoms with Crippen molar-refractivity contribution in [2.45, 2.75) is 43.6 Å². The predicted octanol–water partition coefficient (Wildman–Crippen LogP) is -3.34. The number of nitrogens with zero attached hydrogens (tertiary/aromatic N) is 5. The average Bonchev–Trinajstić information content (AvgIpc) is 3.26. The van der Waals surface area contributed by atoms with E-state index in [2.05, 4.69) is 20.3 Å². The van der Waals surface area contributed by atoms with Crippen molar-refractivity contribution in [3.8, 4) is 0 Å². The van der Waals surface area contributed by atoms with Crippen molar-refractivity contribution in [2.75, 3.05) is 25.2 Å². The molecule has 1 saturated heterocycles. The van der Waals surface area contributed by atoms with Gasteiger partial charge in [-0.25, -0.2) is 15.0 Å². The van der Waals surface area contributed by atoms with E-state index < -0.39 is 49.2 Å². The Hall–Kier alpha value is -2.42. The zero-order valence-electron chi connectivity index (χ0n) is 16.0. The van der Waals surface area contributed by atoms with E-state index in [-0.39, 0.29) is 6.67 Å². The van der Waals surface area contributed by atoms with E-state index in [1.165, 1.54) is 24.1 Å². The summed E-state index contributed by atoms with van der Waals surface area (Å²) in [6.07, 6.45) is -2.75. The molecule has 2 aromatic rings. The SMILES string of the molecule is C[C@@H](O)[C@H](N)C(=O)NCN(C)c1ncnc2c1ncn2[C@@H]1O[C@H](CO)[C@@H](O)[C@H]1O. The first-order valence-corrected chi connectivity index (χ1v) is 8.98. The number of amides is 1. The topological polar surface area (TPSA) is 192 Å². The maximum atomic E-state index is 11.9. The summed E-state index contributed by atoms with van der Waals surface area (Å²) in [5.41, 5.74) is 6.31. The van der Waals surface area contributed by atoms with Crippen molar-refractivity contribution < 1.29 is 30.0 Å². The lowest BCUT2D eigenvalue weighted by molar-refractivity contribution is -0.124. The first-order chi connectivity index (χ1) is 13.8. The molecule has 0 radical (unpaired) electrons. The van der Waals surface area contributed by atoms with Crippen LogP contribution in [0.25, 0.3) is 11.2 Å². The Balaban J connectivity index is 1.80. The Morgan fingerprint density at radius 3 is 2.72 bits per heavy atom. The molecule has 13 nitrogen and oxygen atoms in total. The van der Waals surface area contributed by atoms with E-state index >= 15 is 0 Å². The fourth-order valence-electron chi connectivity index (χ4n) is 3.02. The van der Waals surface area contributed by atoms with Crippen molar-refractivity contribution in [3.63, 3.8) is 0 Å². The Labute approximate surface area is 165 Å². The van der Waals surface area contributed by atoms with Gasteiger partial charge in [-0.1, -0.05) is 0 Å². The first-order valence-electron chi connectivity index (χ1n) is 8.98. The number of aromatic nitrogens is 4. The van der Waals surface area contributed by atoms with Gasteiger partial charge in [0.25, 0.3) is 0 Å². The van der Waals surface area contributed by atoms with Crippen LogP contribution in [-0.2, 0) is 9.53 Å². The lowest BCUT2D eigenvalue weighted by Crippen LogP contribution is -2.49. The monoisotopic (exact) mass is 411 g/mol. The molecule has 0 spiro atoms. The van der Waals surface area contributed by atoms with E-state index in [1.807, 2.05) is 0 Å². The van der Waals surface area contributed by atoms with Crippen LogP contribution in [0.15, 0.2) is 12.7 Å². The van der Waals surface area contributed by atoms with Crippen LogP contribution in [0.2, 0.25) is 0 Å². The predicted molar refractivity (Wildman–Crippen MR) is 99.4 cm³/mol. The number of nitrogens with two attached hydrogens (primary N) is 1. The van der Waals surface area contributed by atoms with Crippen LogP contribution in [0.3, 0.4) is 0 Å². The zero-order valence-corrected chi connectivity index (χ0v) is 16.0. The molecule has 3 heterocycles. The smallest absolute Gasteiger partial charge is 0.240 e. The second-order valence-electron chi connectivity index (χ2n) is 6.91. The van der Waals surface area contributed by atoms with Gasteiger partial charge in [0.15, 0.2) is 23.2 Å². The number of nitrogens with one attached hydrogen (secondary N) is 1. The number of ether oxygens (including phenoxy) is 1. The van der Waals surface area contributed by atoms with Gasteiger partial charge in [-0.15, -0.1) is 0 Å². The number of hydrogen-bond donors (Lipinski definition) is 6. The van der Waals surface area contributed by atoms with Gasteiger partial charge >= 0.3 is 0 Å². The molecule has 7 N–H and O–H groups in total. The summed E-state index contributed by atoms with van der Waals surface area (Å²) < 4.78 is 6.96. The number of rotatable bonds is 7. The quantitative estimate of drug-likeness (QED) is 0.249. The maximum absolute atomic E-state index is 11.9. The van der Waals surface area contributed by atoms with Crippen molar-refractivity contribution in [2.24, 2.45) is 5.73 Å². The largest absolute Gasteiger partial charge is 0.394 e. The Bertz CT molecular complexity index is 861. The highest BCUT2D eigenvalue weighted by Gasteiger charge is 2.44. The van der Waals surface area contributed by atoms with Crippen LogP contribution >= 0.6 is 0 Å². The van der Waals surface area contributed by atoms with Crippen LogP contribution in [0, 0.1) is 0 Å². The highest BCUT2D eigenvalue weighted by Crippen LogP contribution is 2.32. The van der Waals surface area contributed by atoms with E-state index in [4.69, 9.17) is 10.5 Å². The van der Waals surface area contributed by atoms with Crippen molar-refractivity contribution in [3.05, 3.63) is 12.7 Å². The summed E-state index contributed by atoms with van der Waals surface area (Å²) >= 11 is 0. The van der Waals surface area contributed by atoms with Crippen molar-refractivity contribution >= 4 is 22.9 Å². The summed E-state index contributed by atoms with van der Waals surface area (Å²) in [5.74, 6) is -0.124. The molecule has 0 aliphatic carbocycles. The van der Waals surface area contributed by atoms with Gasteiger partial charge in [0, 0.05) is 7.05 Å². The molecule has 1 fully saturated rings. The van der Waals surface area contributed by atoms with Gasteiger partial charge in [0.2, 0.25) is 5.91 Å². The molecular weight excluding hydrogens is 386 g/mol. The first kappa shape index (κ1) is 21.3. The fraction of sp³-hybridized carbons (Fsp3) is 0.625. The van der Waals surface area contributed by atoms with Gasteiger partial charge in [0.05, 0.1) is 25.7 Å². The van der Waals surface area contributed by atoms with Crippen molar-refractivity contribution in [1.29, 1.82) is 0 Å². The van der Waals surface area contributed by atoms with E-state index in [0.29, 0.717) is 17.0 Å². The highest BCUT2D eigenvalue weighted by atomic mass is 16.6. The van der Waals surface area contributed by atoms with Crippen LogP contribution < -0.4 is 16.0 Å². The third-order valence-electron chi connectivity index (χ3n) is 4.81. The number of anilines is 1. The normalized spacial score (nSPS) is 26.4. The van der Waals surface area contributed by atoms with Crippen LogP contribution in [0.4, 0.5) is 5.82 Å². The second-order valence-corrected chi connectivity index (χ2v) is 6.91. The molecule has 6 atom stereocenters. The number of aliphatic hydroxyl groups excluding tert-OH is 4.